The van der Waals surface area contributed by atoms with E-state index in [1.807, 2.05) is 18.2 Å². The van der Waals surface area contributed by atoms with Crippen LogP contribution in [0, 0.1) is 0 Å². The molecule has 0 saturated carbocycles. The summed E-state index contributed by atoms with van der Waals surface area (Å²) in [6, 6.07) is 12.3. The molecule has 1 heterocycles. The maximum atomic E-state index is 13.2. The molecule has 0 atom stereocenters. The van der Waals surface area contributed by atoms with Gasteiger partial charge in [-0.05, 0) is 68.4 Å². The molecular formula is C24H26N2O6S. The fourth-order valence-electron chi connectivity index (χ4n) is 3.00. The summed E-state index contributed by atoms with van der Waals surface area (Å²) in [5, 5.41) is 10.5. The number of carbonyl (C=O) groups excluding carboxylic acids is 2. The van der Waals surface area contributed by atoms with E-state index in [1.165, 1.54) is 19.1 Å². The number of nitrogens with zero attached hydrogens (tertiary/aromatic N) is 2. The first-order chi connectivity index (χ1) is 15.6. The van der Waals surface area contributed by atoms with Crippen LogP contribution >= 0.6 is 11.8 Å². The lowest BCUT2D eigenvalue weighted by Crippen LogP contribution is -2.37. The molecule has 2 aromatic rings. The van der Waals surface area contributed by atoms with Crippen LogP contribution in [0.25, 0.3) is 6.08 Å². The van der Waals surface area contributed by atoms with Crippen molar-refractivity contribution in [2.45, 2.75) is 26.4 Å². The van der Waals surface area contributed by atoms with Crippen LogP contribution in [0.1, 0.15) is 26.3 Å². The third kappa shape index (κ3) is 6.07. The quantitative estimate of drug-likeness (QED) is 0.495. The van der Waals surface area contributed by atoms with E-state index in [0.29, 0.717) is 21.3 Å². The first-order valence-corrected chi connectivity index (χ1v) is 10.9. The second-order valence-electron chi connectivity index (χ2n) is 8.09. The maximum Gasteiger partial charge on any atom is 0.326 e. The molecule has 33 heavy (non-hydrogen) atoms. The summed E-state index contributed by atoms with van der Waals surface area (Å²) in [6.07, 6.45) is 1.63. The van der Waals surface area contributed by atoms with Gasteiger partial charge in [0.2, 0.25) is 5.75 Å². The van der Waals surface area contributed by atoms with E-state index in [4.69, 9.17) is 14.2 Å². The molecular weight excluding hydrogens is 444 g/mol. The number of para-hydroxylation sites is 1. The first-order valence-electron chi connectivity index (χ1n) is 10.1. The first kappa shape index (κ1) is 24.2. The summed E-state index contributed by atoms with van der Waals surface area (Å²) < 4.78 is 15.8. The van der Waals surface area contributed by atoms with E-state index >= 15 is 0 Å². The molecule has 1 aliphatic heterocycles. The number of rotatable bonds is 6. The second kappa shape index (κ2) is 9.99. The minimum absolute atomic E-state index is 0.134. The van der Waals surface area contributed by atoms with Crippen LogP contribution in [-0.4, -0.2) is 53.4 Å². The maximum absolute atomic E-state index is 13.2. The molecule has 0 spiro atoms. The van der Waals surface area contributed by atoms with Gasteiger partial charge in [-0.2, -0.15) is 0 Å². The number of carbonyl (C=O) groups is 2. The van der Waals surface area contributed by atoms with Gasteiger partial charge in [0.15, 0.2) is 16.7 Å². The average Bonchev–Trinajstić information content (AvgIpc) is 3.02. The Morgan fingerprint density at radius 3 is 2.27 bits per heavy atom. The minimum Gasteiger partial charge on any atom is -0.502 e. The summed E-state index contributed by atoms with van der Waals surface area (Å²) in [5.74, 6) is -0.635. The topological polar surface area (TPSA) is 97.7 Å². The molecule has 3 rings (SSSR count). The predicted octanol–water partition coefficient (Wildman–Crippen LogP) is 4.36. The summed E-state index contributed by atoms with van der Waals surface area (Å²) in [4.78, 5) is 31.9. The minimum atomic E-state index is -0.679. The molecule has 1 saturated heterocycles. The molecule has 0 bridgehead atoms. The number of aromatic hydroxyl groups is 1. The van der Waals surface area contributed by atoms with Crippen LogP contribution in [0.2, 0.25) is 0 Å². The van der Waals surface area contributed by atoms with Crippen LogP contribution in [-0.2, 0) is 14.3 Å². The van der Waals surface area contributed by atoms with Crippen molar-refractivity contribution < 1.29 is 28.9 Å². The van der Waals surface area contributed by atoms with Gasteiger partial charge in [-0.1, -0.05) is 18.2 Å². The van der Waals surface area contributed by atoms with Gasteiger partial charge in [-0.25, -0.2) is 4.99 Å². The van der Waals surface area contributed by atoms with E-state index in [0.717, 1.165) is 11.8 Å². The van der Waals surface area contributed by atoms with Crippen molar-refractivity contribution in [1.29, 1.82) is 0 Å². The smallest absolute Gasteiger partial charge is 0.326 e. The largest absolute Gasteiger partial charge is 0.502 e. The number of aliphatic imine (C=N–C) groups is 1. The average molecular weight is 471 g/mol. The molecule has 1 aliphatic rings. The summed E-state index contributed by atoms with van der Waals surface area (Å²) >= 11 is 1.14. The number of hydrogen-bond acceptors (Lipinski definition) is 8. The molecule has 0 aliphatic carbocycles. The van der Waals surface area contributed by atoms with E-state index in [2.05, 4.69) is 4.99 Å². The lowest BCUT2D eigenvalue weighted by atomic mass is 10.1. The second-order valence-corrected chi connectivity index (χ2v) is 9.10. The number of amidine groups is 1. The van der Waals surface area contributed by atoms with Crippen molar-refractivity contribution in [3.63, 3.8) is 0 Å². The van der Waals surface area contributed by atoms with Crippen molar-refractivity contribution in [1.82, 2.24) is 4.90 Å². The molecule has 1 fully saturated rings. The third-order valence-corrected chi connectivity index (χ3v) is 5.38. The SMILES string of the molecule is COc1cc(/C=C2\S/C(=N\c3ccccc3)N(CC(=O)OC(C)(C)C)C2=O)cc(OC)c1O. The zero-order chi connectivity index (χ0) is 24.2. The summed E-state index contributed by atoms with van der Waals surface area (Å²) in [5.41, 5.74) is 0.549. The van der Waals surface area contributed by atoms with E-state index in [1.54, 1.807) is 51.1 Å². The van der Waals surface area contributed by atoms with Crippen molar-refractivity contribution in [2.24, 2.45) is 4.99 Å². The Hall–Kier alpha value is -3.46. The molecule has 2 aromatic carbocycles. The molecule has 8 nitrogen and oxygen atoms in total. The van der Waals surface area contributed by atoms with Gasteiger partial charge in [0.25, 0.3) is 5.91 Å². The number of thioether (sulfide) groups is 1. The van der Waals surface area contributed by atoms with Gasteiger partial charge in [-0.15, -0.1) is 0 Å². The number of phenols is 1. The Bertz CT molecular complexity index is 1080. The van der Waals surface area contributed by atoms with Crippen LogP contribution in [0.5, 0.6) is 17.2 Å². The summed E-state index contributed by atoms with van der Waals surface area (Å²) in [7, 11) is 2.85. The van der Waals surface area contributed by atoms with Crippen LogP contribution in [0.4, 0.5) is 5.69 Å². The zero-order valence-corrected chi connectivity index (χ0v) is 19.9. The molecule has 9 heteroatoms. The normalized spacial score (nSPS) is 16.4. The van der Waals surface area contributed by atoms with Gasteiger partial charge in [0.05, 0.1) is 24.8 Å². The monoisotopic (exact) mass is 470 g/mol. The van der Waals surface area contributed by atoms with Gasteiger partial charge in [0, 0.05) is 0 Å². The lowest BCUT2D eigenvalue weighted by Gasteiger charge is -2.22. The Morgan fingerprint density at radius 1 is 1.12 bits per heavy atom. The van der Waals surface area contributed by atoms with Crippen LogP contribution in [0.3, 0.4) is 0 Å². The number of esters is 1. The van der Waals surface area contributed by atoms with Gasteiger partial charge < -0.3 is 19.3 Å². The molecule has 174 valence electrons. The van der Waals surface area contributed by atoms with E-state index in [-0.39, 0.29) is 29.7 Å². The van der Waals surface area contributed by atoms with Crippen LogP contribution < -0.4 is 9.47 Å². The Balaban J connectivity index is 1.98. The zero-order valence-electron chi connectivity index (χ0n) is 19.1. The van der Waals surface area contributed by atoms with Crippen LogP contribution in [0.15, 0.2) is 52.4 Å². The number of hydrogen-bond donors (Lipinski definition) is 1. The Morgan fingerprint density at radius 2 is 1.73 bits per heavy atom. The van der Waals surface area contributed by atoms with E-state index < -0.39 is 11.6 Å². The molecule has 0 aromatic heterocycles. The number of phenolic OH excluding ortho intramolecular Hbond substituents is 1. The highest BCUT2D eigenvalue weighted by molar-refractivity contribution is 8.18. The standard InChI is InChI=1S/C24H26N2O6S/c1-24(2,3)32-20(27)14-26-22(29)19(33-23(26)25-16-9-7-6-8-10-16)13-15-11-17(30-4)21(28)18(12-15)31-5/h6-13,28H,14H2,1-5H3/b19-13-,25-23-. The summed E-state index contributed by atoms with van der Waals surface area (Å²) in [6.45, 7) is 5.03. The highest BCUT2D eigenvalue weighted by atomic mass is 32.2. The van der Waals surface area contributed by atoms with Crippen molar-refractivity contribution in [3.8, 4) is 17.2 Å². The van der Waals surface area contributed by atoms with Crippen molar-refractivity contribution in [3.05, 3.63) is 52.9 Å². The third-order valence-electron chi connectivity index (χ3n) is 4.38. The highest BCUT2D eigenvalue weighted by Crippen LogP contribution is 2.40. The van der Waals surface area contributed by atoms with E-state index in [9.17, 15) is 14.7 Å². The number of ether oxygens (including phenoxy) is 3. The van der Waals surface area contributed by atoms with Gasteiger partial charge >= 0.3 is 5.97 Å². The Kier molecular flexibility index (Phi) is 7.33. The number of benzene rings is 2. The lowest BCUT2D eigenvalue weighted by molar-refractivity contribution is -0.156. The molecule has 1 N–H and O–H groups in total. The molecule has 1 amide bonds. The Labute approximate surface area is 196 Å². The fraction of sp³-hybridized carbons (Fsp3) is 0.292. The fourth-order valence-corrected chi connectivity index (χ4v) is 3.99. The number of amides is 1. The molecule has 0 unspecified atom stereocenters. The predicted molar refractivity (Wildman–Crippen MR) is 128 cm³/mol. The van der Waals surface area contributed by atoms with Gasteiger partial charge in [-0.3, -0.25) is 14.5 Å². The van der Waals surface area contributed by atoms with Gasteiger partial charge in [0.1, 0.15) is 12.1 Å². The number of methoxy groups -OCH3 is 2. The highest BCUT2D eigenvalue weighted by Gasteiger charge is 2.36. The van der Waals surface area contributed by atoms with Crippen molar-refractivity contribution >= 4 is 40.6 Å². The molecule has 0 radical (unpaired) electrons. The van der Waals surface area contributed by atoms with Crippen molar-refractivity contribution in [2.75, 3.05) is 20.8 Å².